The van der Waals surface area contributed by atoms with Gasteiger partial charge in [-0.1, -0.05) is 44.2 Å². The molecule has 1 aliphatic rings. The van der Waals surface area contributed by atoms with E-state index in [9.17, 15) is 9.90 Å². The monoisotopic (exact) mass is 295 g/mol. The predicted molar refractivity (Wildman–Crippen MR) is 88.5 cm³/mol. The summed E-state index contributed by atoms with van der Waals surface area (Å²) in [5.41, 5.74) is 3.82. The number of hydrogen-bond acceptors (Lipinski definition) is 2. The largest absolute Gasteiger partial charge is 0.478 e. The smallest absolute Gasteiger partial charge is 0.335 e. The van der Waals surface area contributed by atoms with Crippen molar-refractivity contribution in [2.24, 2.45) is 0 Å². The Bertz CT molecular complexity index is 707. The molecule has 1 unspecified atom stereocenters. The van der Waals surface area contributed by atoms with Crippen LogP contribution in [0.5, 0.6) is 0 Å². The van der Waals surface area contributed by atoms with E-state index in [1.165, 1.54) is 5.56 Å². The van der Waals surface area contributed by atoms with E-state index in [1.54, 1.807) is 6.07 Å². The van der Waals surface area contributed by atoms with Crippen LogP contribution in [-0.4, -0.2) is 17.1 Å². The van der Waals surface area contributed by atoms with E-state index in [0.29, 0.717) is 11.6 Å². The number of carboxylic acid groups (broad SMARTS) is 1. The summed E-state index contributed by atoms with van der Waals surface area (Å²) in [5.74, 6) is -0.868. The third-order valence-corrected chi connectivity index (χ3v) is 4.95. The number of anilines is 1. The molecule has 1 N–H and O–H groups in total. The molecule has 0 aromatic heterocycles. The lowest BCUT2D eigenvalue weighted by atomic mass is 9.81. The molecule has 0 fully saturated rings. The number of fused-ring (bicyclic) bond motifs is 1. The Morgan fingerprint density at radius 1 is 1.18 bits per heavy atom. The number of rotatable bonds is 3. The van der Waals surface area contributed by atoms with Crippen molar-refractivity contribution in [3.8, 4) is 0 Å². The normalized spacial score (nSPS) is 19.0. The van der Waals surface area contributed by atoms with Crippen molar-refractivity contribution < 1.29 is 9.90 Å². The summed E-state index contributed by atoms with van der Waals surface area (Å²) >= 11 is 0. The third-order valence-electron chi connectivity index (χ3n) is 4.95. The van der Waals surface area contributed by atoms with E-state index < -0.39 is 5.97 Å². The molecule has 0 saturated carbocycles. The fraction of sp³-hybridized carbons (Fsp3) is 0.316. The highest BCUT2D eigenvalue weighted by molar-refractivity contribution is 5.89. The van der Waals surface area contributed by atoms with Crippen LogP contribution < -0.4 is 4.90 Å². The van der Waals surface area contributed by atoms with Crippen LogP contribution in [0.4, 0.5) is 5.69 Å². The zero-order chi connectivity index (χ0) is 15.9. The zero-order valence-electron chi connectivity index (χ0n) is 13.2. The maximum atomic E-state index is 11.3. The van der Waals surface area contributed by atoms with Crippen molar-refractivity contribution >= 4 is 11.7 Å². The molecule has 3 rings (SSSR count). The van der Waals surface area contributed by atoms with Crippen molar-refractivity contribution in [1.29, 1.82) is 0 Å². The highest BCUT2D eigenvalue weighted by Gasteiger charge is 2.42. The average Bonchev–Trinajstić information content (AvgIpc) is 2.69. The average molecular weight is 295 g/mol. The molecule has 0 aliphatic carbocycles. The number of hydrogen-bond donors (Lipinski definition) is 1. The van der Waals surface area contributed by atoms with Crippen molar-refractivity contribution in [2.75, 3.05) is 4.90 Å². The Balaban J connectivity index is 2.03. The topological polar surface area (TPSA) is 40.5 Å². The number of nitrogens with zero attached hydrogens (tertiary/aromatic N) is 1. The minimum Gasteiger partial charge on any atom is -0.478 e. The van der Waals surface area contributed by atoms with Gasteiger partial charge in [0.05, 0.1) is 5.56 Å². The number of carbonyl (C=O) groups is 1. The van der Waals surface area contributed by atoms with Gasteiger partial charge in [-0.2, -0.15) is 0 Å². The van der Waals surface area contributed by atoms with Gasteiger partial charge in [-0.15, -0.1) is 0 Å². The zero-order valence-corrected chi connectivity index (χ0v) is 13.2. The molecule has 1 heterocycles. The van der Waals surface area contributed by atoms with E-state index >= 15 is 0 Å². The Morgan fingerprint density at radius 3 is 2.50 bits per heavy atom. The van der Waals surface area contributed by atoms with E-state index in [0.717, 1.165) is 17.8 Å². The van der Waals surface area contributed by atoms with Crippen LogP contribution in [0.25, 0.3) is 0 Å². The molecule has 1 atom stereocenters. The lowest BCUT2D eigenvalue weighted by Gasteiger charge is -2.31. The van der Waals surface area contributed by atoms with Gasteiger partial charge in [0.1, 0.15) is 0 Å². The third kappa shape index (κ3) is 2.27. The Kier molecular flexibility index (Phi) is 3.44. The second-order valence-electron chi connectivity index (χ2n) is 6.55. The van der Waals surface area contributed by atoms with Crippen molar-refractivity contribution in [3.05, 3.63) is 65.2 Å². The summed E-state index contributed by atoms with van der Waals surface area (Å²) in [4.78, 5) is 13.6. The van der Waals surface area contributed by atoms with Crippen molar-refractivity contribution in [1.82, 2.24) is 0 Å². The summed E-state index contributed by atoms with van der Waals surface area (Å²) in [7, 11) is 0. The summed E-state index contributed by atoms with van der Waals surface area (Å²) in [6.07, 6.45) is 0. The van der Waals surface area contributed by atoms with Gasteiger partial charge in [0.2, 0.25) is 0 Å². The molecule has 2 aromatic rings. The fourth-order valence-electron chi connectivity index (χ4n) is 3.26. The Morgan fingerprint density at radius 2 is 1.86 bits per heavy atom. The van der Waals surface area contributed by atoms with Gasteiger partial charge in [-0.05, 0) is 36.2 Å². The maximum Gasteiger partial charge on any atom is 0.335 e. The quantitative estimate of drug-likeness (QED) is 0.928. The van der Waals surface area contributed by atoms with Crippen LogP contribution in [0, 0.1) is 0 Å². The summed E-state index contributed by atoms with van der Waals surface area (Å²) in [6.45, 7) is 7.43. The minimum atomic E-state index is -0.868. The molecule has 2 aromatic carbocycles. The molecule has 3 nitrogen and oxygen atoms in total. The van der Waals surface area contributed by atoms with Crippen LogP contribution in [-0.2, 0) is 12.0 Å². The second kappa shape index (κ2) is 5.16. The van der Waals surface area contributed by atoms with Crippen molar-refractivity contribution in [3.63, 3.8) is 0 Å². The lowest BCUT2D eigenvalue weighted by Crippen LogP contribution is -2.38. The molecule has 3 heteroatoms. The van der Waals surface area contributed by atoms with Gasteiger partial charge < -0.3 is 10.0 Å². The fourth-order valence-corrected chi connectivity index (χ4v) is 3.26. The Labute approximate surface area is 131 Å². The molecular formula is C19H21NO2. The number of benzene rings is 2. The lowest BCUT2D eigenvalue weighted by molar-refractivity contribution is 0.0697. The first-order valence-corrected chi connectivity index (χ1v) is 7.59. The summed E-state index contributed by atoms with van der Waals surface area (Å²) < 4.78 is 0. The van der Waals surface area contributed by atoms with Gasteiger partial charge >= 0.3 is 5.97 Å². The highest BCUT2D eigenvalue weighted by Crippen LogP contribution is 2.46. The molecule has 22 heavy (non-hydrogen) atoms. The SMILES string of the molecule is CC1N(Cc2ccccc2)c2ccc(C(=O)O)cc2C1(C)C. The molecule has 0 radical (unpaired) electrons. The van der Waals surface area contributed by atoms with E-state index in [1.807, 2.05) is 18.2 Å². The molecule has 0 saturated heterocycles. The first kappa shape index (κ1) is 14.6. The highest BCUT2D eigenvalue weighted by atomic mass is 16.4. The molecule has 1 aliphatic heterocycles. The first-order chi connectivity index (χ1) is 10.4. The minimum absolute atomic E-state index is 0.0738. The number of aromatic carboxylic acids is 1. The molecule has 0 bridgehead atoms. The van der Waals surface area contributed by atoms with Gasteiger partial charge in [0, 0.05) is 23.7 Å². The van der Waals surface area contributed by atoms with Crippen LogP contribution in [0.15, 0.2) is 48.5 Å². The van der Waals surface area contributed by atoms with E-state index in [2.05, 4.69) is 49.9 Å². The number of carboxylic acids is 1. The van der Waals surface area contributed by atoms with Crippen LogP contribution in [0.2, 0.25) is 0 Å². The summed E-state index contributed by atoms with van der Waals surface area (Å²) in [6, 6.07) is 16.2. The Hall–Kier alpha value is -2.29. The standard InChI is InChI=1S/C19H21NO2/c1-13-19(2,3)16-11-15(18(21)22)9-10-17(16)20(13)12-14-7-5-4-6-8-14/h4-11,13H,12H2,1-3H3,(H,21,22). The van der Waals surface area contributed by atoms with Crippen LogP contribution in [0.1, 0.15) is 42.3 Å². The molecule has 0 spiro atoms. The van der Waals surface area contributed by atoms with Gasteiger partial charge in [-0.3, -0.25) is 0 Å². The van der Waals surface area contributed by atoms with Gasteiger partial charge in [-0.25, -0.2) is 4.79 Å². The van der Waals surface area contributed by atoms with Crippen LogP contribution >= 0.6 is 0 Å². The van der Waals surface area contributed by atoms with E-state index in [-0.39, 0.29) is 5.41 Å². The first-order valence-electron chi connectivity index (χ1n) is 7.59. The van der Waals surface area contributed by atoms with E-state index in [4.69, 9.17) is 0 Å². The molecule has 114 valence electrons. The second-order valence-corrected chi connectivity index (χ2v) is 6.55. The van der Waals surface area contributed by atoms with Crippen molar-refractivity contribution in [2.45, 2.75) is 38.8 Å². The predicted octanol–water partition coefficient (Wildman–Crippen LogP) is 4.07. The maximum absolute atomic E-state index is 11.3. The van der Waals surface area contributed by atoms with Gasteiger partial charge in [0.25, 0.3) is 0 Å². The summed E-state index contributed by atoms with van der Waals surface area (Å²) in [5, 5.41) is 9.24. The molecular weight excluding hydrogens is 274 g/mol. The van der Waals surface area contributed by atoms with Gasteiger partial charge in [0.15, 0.2) is 0 Å². The molecule has 0 amide bonds. The van der Waals surface area contributed by atoms with Crippen LogP contribution in [0.3, 0.4) is 0 Å².